The van der Waals surface area contributed by atoms with Crippen molar-refractivity contribution in [2.75, 3.05) is 20.3 Å². The summed E-state index contributed by atoms with van der Waals surface area (Å²) in [5.74, 6) is 6.03. The van der Waals surface area contributed by atoms with E-state index in [-0.39, 0.29) is 0 Å². The van der Waals surface area contributed by atoms with Crippen molar-refractivity contribution in [3.63, 3.8) is 0 Å². The summed E-state index contributed by atoms with van der Waals surface area (Å²) in [7, 11) is 1.64. The van der Waals surface area contributed by atoms with Gasteiger partial charge in [-0.3, -0.25) is 0 Å². The molecule has 2 rings (SSSR count). The lowest BCUT2D eigenvalue weighted by atomic mass is 10.0. The maximum atomic E-state index is 5.67. The molecule has 2 aromatic rings. The quantitative estimate of drug-likeness (QED) is 0.379. The monoisotopic (exact) mass is 244 g/mol. The molecule has 0 atom stereocenters. The zero-order valence-electron chi connectivity index (χ0n) is 10.3. The first kappa shape index (κ1) is 12.4. The molecule has 2 aromatic carbocycles. The predicted molar refractivity (Wildman–Crippen MR) is 73.1 cm³/mol. The molecule has 0 fully saturated rings. The first-order valence-corrected chi connectivity index (χ1v) is 5.73. The normalized spacial score (nSPS) is 11.2. The van der Waals surface area contributed by atoms with Crippen LogP contribution in [0.5, 0.6) is 5.75 Å². The average molecular weight is 244 g/mol. The predicted octanol–water partition coefficient (Wildman–Crippen LogP) is 2.16. The maximum absolute atomic E-state index is 5.67. The Morgan fingerprint density at radius 3 is 2.78 bits per heavy atom. The Bertz CT molecular complexity index is 552. The van der Waals surface area contributed by atoms with Crippen molar-refractivity contribution >= 4 is 17.0 Å². The summed E-state index contributed by atoms with van der Waals surface area (Å²) in [6, 6.07) is 12.0. The lowest BCUT2D eigenvalue weighted by Gasteiger charge is -2.11. The van der Waals surface area contributed by atoms with Crippen molar-refractivity contribution in [3.05, 3.63) is 42.0 Å². The van der Waals surface area contributed by atoms with Crippen LogP contribution < -0.4 is 10.6 Å². The maximum Gasteiger partial charge on any atom is 0.128 e. The number of methoxy groups -OCH3 is 1. The number of hydrazone groups is 1. The number of benzene rings is 2. The first-order chi connectivity index (χ1) is 8.86. The van der Waals surface area contributed by atoms with Gasteiger partial charge >= 0.3 is 0 Å². The van der Waals surface area contributed by atoms with Gasteiger partial charge in [-0.1, -0.05) is 30.3 Å². The Morgan fingerprint density at radius 1 is 1.17 bits per heavy atom. The standard InChI is InChI=1S/C14H16N2O2/c1-17-8-9-18-14-7-6-11-4-2-3-5-12(11)13(14)10-16-15/h2-7,10H,8-9,15H2,1H3. The smallest absolute Gasteiger partial charge is 0.128 e. The third-order valence-electron chi connectivity index (χ3n) is 2.68. The molecular formula is C14H16N2O2. The minimum absolute atomic E-state index is 0.500. The van der Waals surface area contributed by atoms with Crippen molar-refractivity contribution in [1.29, 1.82) is 0 Å². The molecule has 0 aliphatic heterocycles. The van der Waals surface area contributed by atoms with Crippen LogP contribution in [0.15, 0.2) is 41.5 Å². The number of ether oxygens (including phenoxy) is 2. The van der Waals surface area contributed by atoms with Crippen LogP contribution in [0, 0.1) is 0 Å². The fraction of sp³-hybridized carbons (Fsp3) is 0.214. The van der Waals surface area contributed by atoms with Crippen LogP contribution in [0.1, 0.15) is 5.56 Å². The number of nitrogens with two attached hydrogens (primary N) is 1. The van der Waals surface area contributed by atoms with Gasteiger partial charge in [0.2, 0.25) is 0 Å². The van der Waals surface area contributed by atoms with E-state index in [1.54, 1.807) is 13.3 Å². The van der Waals surface area contributed by atoms with E-state index >= 15 is 0 Å². The fourth-order valence-electron chi connectivity index (χ4n) is 1.84. The largest absolute Gasteiger partial charge is 0.490 e. The lowest BCUT2D eigenvalue weighted by molar-refractivity contribution is 0.146. The highest BCUT2D eigenvalue weighted by Crippen LogP contribution is 2.26. The van der Waals surface area contributed by atoms with Gasteiger partial charge in [0.1, 0.15) is 12.4 Å². The minimum Gasteiger partial charge on any atom is -0.490 e. The number of fused-ring (bicyclic) bond motifs is 1. The summed E-state index contributed by atoms with van der Waals surface area (Å²) in [6.45, 7) is 1.05. The molecule has 0 amide bonds. The van der Waals surface area contributed by atoms with E-state index in [2.05, 4.69) is 5.10 Å². The van der Waals surface area contributed by atoms with E-state index in [4.69, 9.17) is 15.3 Å². The molecule has 0 aliphatic carbocycles. The van der Waals surface area contributed by atoms with Crippen LogP contribution in [-0.2, 0) is 4.74 Å². The summed E-state index contributed by atoms with van der Waals surface area (Å²) in [4.78, 5) is 0. The molecule has 2 N–H and O–H groups in total. The van der Waals surface area contributed by atoms with Crippen LogP contribution >= 0.6 is 0 Å². The minimum atomic E-state index is 0.500. The van der Waals surface area contributed by atoms with E-state index in [1.807, 2.05) is 36.4 Å². The topological polar surface area (TPSA) is 56.8 Å². The number of nitrogens with zero attached hydrogens (tertiary/aromatic N) is 1. The van der Waals surface area contributed by atoms with E-state index in [0.29, 0.717) is 13.2 Å². The average Bonchev–Trinajstić information content (AvgIpc) is 2.41. The molecule has 0 radical (unpaired) electrons. The van der Waals surface area contributed by atoms with Gasteiger partial charge in [-0.05, 0) is 16.8 Å². The molecule has 0 saturated carbocycles. The van der Waals surface area contributed by atoms with Gasteiger partial charge in [-0.2, -0.15) is 5.10 Å². The molecular weight excluding hydrogens is 228 g/mol. The van der Waals surface area contributed by atoms with Gasteiger partial charge < -0.3 is 15.3 Å². The van der Waals surface area contributed by atoms with Gasteiger partial charge in [0.05, 0.1) is 12.8 Å². The third kappa shape index (κ3) is 2.60. The van der Waals surface area contributed by atoms with Crippen molar-refractivity contribution in [2.24, 2.45) is 10.9 Å². The van der Waals surface area contributed by atoms with Crippen LogP contribution in [0.4, 0.5) is 0 Å². The summed E-state index contributed by atoms with van der Waals surface area (Å²) < 4.78 is 10.6. The van der Waals surface area contributed by atoms with Gasteiger partial charge in [-0.25, -0.2) is 0 Å². The lowest BCUT2D eigenvalue weighted by Crippen LogP contribution is -2.06. The number of rotatable bonds is 5. The second-order valence-corrected chi connectivity index (χ2v) is 3.82. The second kappa shape index (κ2) is 6.02. The Hall–Kier alpha value is -2.07. The Morgan fingerprint density at radius 2 is 2.00 bits per heavy atom. The SMILES string of the molecule is COCCOc1ccc2ccccc2c1C=NN. The Kier molecular flexibility index (Phi) is 4.15. The highest BCUT2D eigenvalue weighted by atomic mass is 16.5. The molecule has 4 nitrogen and oxygen atoms in total. The van der Waals surface area contributed by atoms with Crippen molar-refractivity contribution < 1.29 is 9.47 Å². The summed E-state index contributed by atoms with van der Waals surface area (Å²) in [5, 5.41) is 5.81. The van der Waals surface area contributed by atoms with Crippen LogP contribution in [-0.4, -0.2) is 26.5 Å². The van der Waals surface area contributed by atoms with E-state index in [9.17, 15) is 0 Å². The molecule has 0 saturated heterocycles. The third-order valence-corrected chi connectivity index (χ3v) is 2.68. The van der Waals surface area contributed by atoms with Gasteiger partial charge in [0, 0.05) is 12.7 Å². The summed E-state index contributed by atoms with van der Waals surface area (Å²) in [6.07, 6.45) is 1.62. The van der Waals surface area contributed by atoms with E-state index in [1.165, 1.54) is 0 Å². The Balaban J connectivity index is 2.42. The van der Waals surface area contributed by atoms with Gasteiger partial charge in [-0.15, -0.1) is 0 Å². The molecule has 0 aliphatic rings. The molecule has 0 unspecified atom stereocenters. The van der Waals surface area contributed by atoms with Crippen LogP contribution in [0.3, 0.4) is 0 Å². The molecule has 0 heterocycles. The molecule has 0 aromatic heterocycles. The molecule has 0 bridgehead atoms. The van der Waals surface area contributed by atoms with Crippen LogP contribution in [0.25, 0.3) is 10.8 Å². The molecule has 0 spiro atoms. The summed E-state index contributed by atoms with van der Waals surface area (Å²) >= 11 is 0. The van der Waals surface area contributed by atoms with Crippen LogP contribution in [0.2, 0.25) is 0 Å². The highest BCUT2D eigenvalue weighted by molar-refractivity contribution is 6.02. The van der Waals surface area contributed by atoms with E-state index < -0.39 is 0 Å². The van der Waals surface area contributed by atoms with Crippen molar-refractivity contribution in [3.8, 4) is 5.75 Å². The summed E-state index contributed by atoms with van der Waals surface area (Å²) in [5.41, 5.74) is 0.895. The number of hydrogen-bond donors (Lipinski definition) is 1. The number of hydrogen-bond acceptors (Lipinski definition) is 4. The molecule has 4 heteroatoms. The highest BCUT2D eigenvalue weighted by Gasteiger charge is 2.06. The van der Waals surface area contributed by atoms with Gasteiger partial charge in [0.15, 0.2) is 0 Å². The van der Waals surface area contributed by atoms with Crippen molar-refractivity contribution in [1.82, 2.24) is 0 Å². The van der Waals surface area contributed by atoms with Crippen molar-refractivity contribution in [2.45, 2.75) is 0 Å². The zero-order chi connectivity index (χ0) is 12.8. The molecule has 94 valence electrons. The zero-order valence-corrected chi connectivity index (χ0v) is 10.3. The fourth-order valence-corrected chi connectivity index (χ4v) is 1.84. The van der Waals surface area contributed by atoms with E-state index in [0.717, 1.165) is 22.1 Å². The second-order valence-electron chi connectivity index (χ2n) is 3.82. The Labute approximate surface area is 106 Å². The molecule has 18 heavy (non-hydrogen) atoms. The first-order valence-electron chi connectivity index (χ1n) is 5.73. The van der Waals surface area contributed by atoms with Gasteiger partial charge in [0.25, 0.3) is 0 Å².